The summed E-state index contributed by atoms with van der Waals surface area (Å²) < 4.78 is 16.6. The van der Waals surface area contributed by atoms with E-state index in [2.05, 4.69) is 53.4 Å². The van der Waals surface area contributed by atoms with Crippen molar-refractivity contribution in [2.24, 2.45) is 10.9 Å². The van der Waals surface area contributed by atoms with Gasteiger partial charge in [0.1, 0.15) is 11.5 Å². The number of piperidine rings is 1. The van der Waals surface area contributed by atoms with Gasteiger partial charge in [-0.3, -0.25) is 4.99 Å². The molecule has 0 radical (unpaired) electrons. The molecule has 0 aromatic heterocycles. The van der Waals surface area contributed by atoms with E-state index < -0.39 is 0 Å². The molecule has 7 heteroatoms. The fraction of sp³-hybridized carbons (Fsp3) is 0.696. The van der Waals surface area contributed by atoms with Crippen molar-refractivity contribution in [3.8, 4) is 11.5 Å². The molecule has 2 N–H and O–H groups in total. The Kier molecular flexibility index (Phi) is 10.1. The molecular weight excluding hydrogens is 380 g/mol. The standard InChI is InChI=1S/C23H40N4O3/c1-7-30-22(17(2)3)8-11-25-23(24-4)26-18-9-12-27(13-10-18)19-14-20(28-5)16-21(15-19)29-6/h14-18,22H,7-13H2,1-6H3,(H2,24,25,26). The minimum absolute atomic E-state index is 0.281. The minimum Gasteiger partial charge on any atom is -0.497 e. The topological polar surface area (TPSA) is 67.4 Å². The normalized spacial score (nSPS) is 16.5. The second-order valence-electron chi connectivity index (χ2n) is 8.00. The maximum absolute atomic E-state index is 5.83. The number of nitrogens with zero attached hydrogens (tertiary/aromatic N) is 2. The average molecular weight is 421 g/mol. The van der Waals surface area contributed by atoms with Crippen LogP contribution in [0.4, 0.5) is 5.69 Å². The van der Waals surface area contributed by atoms with E-state index >= 15 is 0 Å². The molecule has 1 aromatic carbocycles. The summed E-state index contributed by atoms with van der Waals surface area (Å²) in [5.74, 6) is 3.03. The third-order valence-electron chi connectivity index (χ3n) is 5.61. The number of hydrogen-bond acceptors (Lipinski definition) is 5. The van der Waals surface area contributed by atoms with E-state index in [1.54, 1.807) is 14.2 Å². The molecule has 30 heavy (non-hydrogen) atoms. The molecule has 0 spiro atoms. The van der Waals surface area contributed by atoms with E-state index in [0.717, 1.165) is 68.6 Å². The van der Waals surface area contributed by atoms with Crippen LogP contribution in [0.1, 0.15) is 40.0 Å². The lowest BCUT2D eigenvalue weighted by molar-refractivity contribution is 0.0258. The highest BCUT2D eigenvalue weighted by molar-refractivity contribution is 5.80. The molecule has 1 atom stereocenters. The molecule has 0 saturated carbocycles. The fourth-order valence-electron chi connectivity index (χ4n) is 3.80. The Morgan fingerprint density at radius 3 is 2.27 bits per heavy atom. The van der Waals surface area contributed by atoms with Crippen LogP contribution >= 0.6 is 0 Å². The first-order valence-electron chi connectivity index (χ1n) is 11.1. The Morgan fingerprint density at radius 2 is 1.77 bits per heavy atom. The van der Waals surface area contributed by atoms with Gasteiger partial charge in [-0.15, -0.1) is 0 Å². The Bertz CT molecular complexity index is 636. The molecule has 0 aliphatic carbocycles. The molecule has 1 heterocycles. The summed E-state index contributed by atoms with van der Waals surface area (Å²) >= 11 is 0. The smallest absolute Gasteiger partial charge is 0.191 e. The predicted molar refractivity (Wildman–Crippen MR) is 124 cm³/mol. The Labute approximate surface area is 182 Å². The van der Waals surface area contributed by atoms with Gasteiger partial charge in [0.15, 0.2) is 5.96 Å². The number of hydrogen-bond donors (Lipinski definition) is 2. The molecule has 1 aromatic rings. The number of methoxy groups -OCH3 is 2. The van der Waals surface area contributed by atoms with Crippen molar-refractivity contribution < 1.29 is 14.2 Å². The molecule has 0 amide bonds. The van der Waals surface area contributed by atoms with Crippen LogP contribution in [0.2, 0.25) is 0 Å². The van der Waals surface area contributed by atoms with Gasteiger partial charge in [-0.25, -0.2) is 0 Å². The molecule has 0 bridgehead atoms. The molecule has 7 nitrogen and oxygen atoms in total. The van der Waals surface area contributed by atoms with E-state index in [9.17, 15) is 0 Å². The maximum Gasteiger partial charge on any atom is 0.191 e. The molecule has 170 valence electrons. The van der Waals surface area contributed by atoms with E-state index in [4.69, 9.17) is 14.2 Å². The van der Waals surface area contributed by atoms with Crippen LogP contribution in [0.3, 0.4) is 0 Å². The Morgan fingerprint density at radius 1 is 1.13 bits per heavy atom. The number of rotatable bonds is 10. The zero-order valence-corrected chi connectivity index (χ0v) is 19.5. The first-order valence-corrected chi connectivity index (χ1v) is 11.1. The van der Waals surface area contributed by atoms with Crippen LogP contribution in [0.15, 0.2) is 23.2 Å². The monoisotopic (exact) mass is 420 g/mol. The van der Waals surface area contributed by atoms with Crippen molar-refractivity contribution in [1.29, 1.82) is 0 Å². The summed E-state index contributed by atoms with van der Waals surface area (Å²) in [6.45, 7) is 10.0. The van der Waals surface area contributed by atoms with E-state index in [-0.39, 0.29) is 6.10 Å². The predicted octanol–water partition coefficient (Wildman–Crippen LogP) is 3.29. The van der Waals surface area contributed by atoms with Crippen molar-refractivity contribution in [1.82, 2.24) is 10.6 Å². The van der Waals surface area contributed by atoms with Crippen LogP contribution < -0.4 is 25.0 Å². The van der Waals surface area contributed by atoms with E-state index in [0.29, 0.717) is 12.0 Å². The Hall–Kier alpha value is -2.15. The first-order chi connectivity index (χ1) is 14.5. The number of aliphatic imine (C=N–C) groups is 1. The SMILES string of the molecule is CCOC(CCNC(=NC)NC1CCN(c2cc(OC)cc(OC)c2)CC1)C(C)C. The molecule has 1 fully saturated rings. The lowest BCUT2D eigenvalue weighted by atomic mass is 10.0. The lowest BCUT2D eigenvalue weighted by Crippen LogP contribution is -2.49. The third-order valence-corrected chi connectivity index (χ3v) is 5.61. The van der Waals surface area contributed by atoms with Crippen LogP contribution in [-0.4, -0.2) is 65.6 Å². The largest absolute Gasteiger partial charge is 0.497 e. The van der Waals surface area contributed by atoms with Crippen molar-refractivity contribution in [3.05, 3.63) is 18.2 Å². The van der Waals surface area contributed by atoms with Crippen LogP contribution in [0, 0.1) is 5.92 Å². The highest BCUT2D eigenvalue weighted by Gasteiger charge is 2.21. The second-order valence-corrected chi connectivity index (χ2v) is 8.00. The summed E-state index contributed by atoms with van der Waals surface area (Å²) in [4.78, 5) is 6.78. The zero-order valence-electron chi connectivity index (χ0n) is 19.5. The number of ether oxygens (including phenoxy) is 3. The van der Waals surface area contributed by atoms with E-state index in [1.165, 1.54) is 0 Å². The highest BCUT2D eigenvalue weighted by atomic mass is 16.5. The van der Waals surface area contributed by atoms with Crippen molar-refractivity contribution in [3.63, 3.8) is 0 Å². The summed E-state index contributed by atoms with van der Waals surface area (Å²) in [6.07, 6.45) is 3.35. The number of nitrogens with one attached hydrogen (secondary N) is 2. The van der Waals surface area contributed by atoms with Gasteiger partial charge in [0, 0.05) is 63.2 Å². The molecule has 1 unspecified atom stereocenters. The number of guanidine groups is 1. The molecular formula is C23H40N4O3. The third kappa shape index (κ3) is 7.27. The van der Waals surface area contributed by atoms with Crippen LogP contribution in [0.25, 0.3) is 0 Å². The first kappa shape index (κ1) is 24.1. The molecule has 2 rings (SSSR count). The summed E-state index contributed by atoms with van der Waals surface area (Å²) in [7, 11) is 5.20. The number of benzene rings is 1. The zero-order chi connectivity index (χ0) is 21.9. The minimum atomic E-state index is 0.281. The van der Waals surface area contributed by atoms with Gasteiger partial charge >= 0.3 is 0 Å². The molecule has 1 aliphatic rings. The maximum atomic E-state index is 5.83. The van der Waals surface area contributed by atoms with Gasteiger partial charge in [-0.2, -0.15) is 0 Å². The summed E-state index contributed by atoms with van der Waals surface area (Å²) in [5.41, 5.74) is 1.14. The second kappa shape index (κ2) is 12.5. The van der Waals surface area contributed by atoms with Gasteiger partial charge in [-0.05, 0) is 32.1 Å². The van der Waals surface area contributed by atoms with Gasteiger partial charge in [0.25, 0.3) is 0 Å². The summed E-state index contributed by atoms with van der Waals surface area (Å²) in [6, 6.07) is 6.45. The van der Waals surface area contributed by atoms with Gasteiger partial charge < -0.3 is 29.7 Å². The van der Waals surface area contributed by atoms with Gasteiger partial charge in [0.2, 0.25) is 0 Å². The van der Waals surface area contributed by atoms with Crippen molar-refractivity contribution >= 4 is 11.6 Å². The Balaban J connectivity index is 1.82. The van der Waals surface area contributed by atoms with Crippen LogP contribution in [-0.2, 0) is 4.74 Å². The summed E-state index contributed by atoms with van der Waals surface area (Å²) in [5, 5.41) is 7.03. The quantitative estimate of drug-likeness (QED) is 0.447. The van der Waals surface area contributed by atoms with Gasteiger partial charge in [0.05, 0.1) is 20.3 Å². The van der Waals surface area contributed by atoms with Crippen molar-refractivity contribution in [2.45, 2.75) is 52.2 Å². The highest BCUT2D eigenvalue weighted by Crippen LogP contribution is 2.30. The van der Waals surface area contributed by atoms with Crippen LogP contribution in [0.5, 0.6) is 11.5 Å². The number of anilines is 1. The van der Waals surface area contributed by atoms with E-state index in [1.807, 2.05) is 13.1 Å². The van der Waals surface area contributed by atoms with Gasteiger partial charge in [-0.1, -0.05) is 13.8 Å². The lowest BCUT2D eigenvalue weighted by Gasteiger charge is -2.35. The fourth-order valence-corrected chi connectivity index (χ4v) is 3.80. The average Bonchev–Trinajstić information content (AvgIpc) is 2.77. The van der Waals surface area contributed by atoms with Crippen molar-refractivity contribution in [2.75, 3.05) is 52.4 Å². The molecule has 1 aliphatic heterocycles. The molecule has 1 saturated heterocycles.